The summed E-state index contributed by atoms with van der Waals surface area (Å²) in [6.45, 7) is 7.37. The first kappa shape index (κ1) is 21.1. The van der Waals surface area contributed by atoms with Gasteiger partial charge in [0.2, 0.25) is 0 Å². The van der Waals surface area contributed by atoms with Gasteiger partial charge in [0.25, 0.3) is 11.5 Å². The van der Waals surface area contributed by atoms with Crippen LogP contribution in [-0.2, 0) is 18.1 Å². The SMILES string of the molecule is CC(C)(C)c1cc(C(=O)N2CCC(Cn3cnc(C(F)(F)F)cc3=O)CC2)n[nH]1. The predicted octanol–water partition coefficient (Wildman–Crippen LogP) is 2.84. The molecule has 2 aromatic rings. The van der Waals surface area contributed by atoms with Gasteiger partial charge in [-0.3, -0.25) is 19.3 Å². The molecule has 1 N–H and O–H groups in total. The van der Waals surface area contributed by atoms with Gasteiger partial charge in [0.05, 0.1) is 6.33 Å². The molecule has 3 rings (SSSR count). The molecule has 0 atom stereocenters. The van der Waals surface area contributed by atoms with Gasteiger partial charge < -0.3 is 4.90 Å². The zero-order chi connectivity index (χ0) is 21.4. The van der Waals surface area contributed by atoms with Crippen molar-refractivity contribution in [1.82, 2.24) is 24.6 Å². The van der Waals surface area contributed by atoms with Crippen molar-refractivity contribution in [2.45, 2.75) is 51.7 Å². The molecule has 0 saturated carbocycles. The minimum Gasteiger partial charge on any atom is -0.337 e. The molecule has 2 aromatic heterocycles. The van der Waals surface area contributed by atoms with Gasteiger partial charge in [-0.2, -0.15) is 18.3 Å². The fourth-order valence-electron chi connectivity index (χ4n) is 3.29. The maximum atomic E-state index is 12.7. The van der Waals surface area contributed by atoms with Crippen LogP contribution in [0.1, 0.15) is 55.5 Å². The van der Waals surface area contributed by atoms with Crippen molar-refractivity contribution in [3.05, 3.63) is 45.9 Å². The summed E-state index contributed by atoms with van der Waals surface area (Å²) in [6, 6.07) is 2.28. The van der Waals surface area contributed by atoms with Crippen LogP contribution in [0.25, 0.3) is 0 Å². The topological polar surface area (TPSA) is 83.9 Å². The monoisotopic (exact) mass is 411 g/mol. The Kier molecular flexibility index (Phi) is 5.55. The van der Waals surface area contributed by atoms with Crippen molar-refractivity contribution in [1.29, 1.82) is 0 Å². The molecule has 0 bridgehead atoms. The maximum absolute atomic E-state index is 12.7. The molecule has 0 spiro atoms. The number of halogens is 3. The molecule has 0 aromatic carbocycles. The number of piperidine rings is 1. The van der Waals surface area contributed by atoms with E-state index in [4.69, 9.17) is 0 Å². The van der Waals surface area contributed by atoms with Crippen molar-refractivity contribution >= 4 is 5.91 Å². The highest BCUT2D eigenvalue weighted by Gasteiger charge is 2.33. The number of aromatic amines is 1. The first-order valence-corrected chi connectivity index (χ1v) is 9.44. The third kappa shape index (κ3) is 4.86. The number of amides is 1. The highest BCUT2D eigenvalue weighted by Crippen LogP contribution is 2.26. The quantitative estimate of drug-likeness (QED) is 0.842. The second-order valence-corrected chi connectivity index (χ2v) is 8.41. The van der Waals surface area contributed by atoms with E-state index >= 15 is 0 Å². The number of H-pyrrole nitrogens is 1. The van der Waals surface area contributed by atoms with Gasteiger partial charge in [-0.15, -0.1) is 0 Å². The Morgan fingerprint density at radius 2 is 1.86 bits per heavy atom. The molecular weight excluding hydrogens is 387 g/mol. The van der Waals surface area contributed by atoms with Gasteiger partial charge in [-0.1, -0.05) is 20.8 Å². The van der Waals surface area contributed by atoms with E-state index in [0.29, 0.717) is 37.7 Å². The Hall–Kier alpha value is -2.65. The number of likely N-dealkylation sites (tertiary alicyclic amines) is 1. The van der Waals surface area contributed by atoms with E-state index in [-0.39, 0.29) is 23.8 Å². The van der Waals surface area contributed by atoms with Crippen molar-refractivity contribution in [3.63, 3.8) is 0 Å². The second kappa shape index (κ2) is 7.64. The van der Waals surface area contributed by atoms with Crippen molar-refractivity contribution in [2.24, 2.45) is 5.92 Å². The van der Waals surface area contributed by atoms with Crippen LogP contribution in [0.2, 0.25) is 0 Å². The van der Waals surface area contributed by atoms with E-state index in [9.17, 15) is 22.8 Å². The average Bonchev–Trinajstić information content (AvgIpc) is 3.13. The summed E-state index contributed by atoms with van der Waals surface area (Å²) >= 11 is 0. The lowest BCUT2D eigenvalue weighted by atomic mass is 9.92. The Bertz CT molecular complexity index is 934. The summed E-state index contributed by atoms with van der Waals surface area (Å²) in [7, 11) is 0. The van der Waals surface area contributed by atoms with Crippen LogP contribution in [-0.4, -0.2) is 43.6 Å². The fourth-order valence-corrected chi connectivity index (χ4v) is 3.29. The Balaban J connectivity index is 1.59. The van der Waals surface area contributed by atoms with Crippen LogP contribution >= 0.6 is 0 Å². The number of aromatic nitrogens is 4. The van der Waals surface area contributed by atoms with Crippen LogP contribution in [0.15, 0.2) is 23.3 Å². The Morgan fingerprint density at radius 3 is 2.38 bits per heavy atom. The predicted molar refractivity (Wildman–Crippen MR) is 99.4 cm³/mol. The van der Waals surface area contributed by atoms with E-state index < -0.39 is 17.4 Å². The number of alkyl halides is 3. The van der Waals surface area contributed by atoms with Gasteiger partial charge in [0, 0.05) is 36.8 Å². The molecule has 1 aliphatic rings. The van der Waals surface area contributed by atoms with E-state index in [1.807, 2.05) is 20.8 Å². The van der Waals surface area contributed by atoms with Crippen LogP contribution < -0.4 is 5.56 Å². The van der Waals surface area contributed by atoms with Gasteiger partial charge >= 0.3 is 6.18 Å². The summed E-state index contributed by atoms with van der Waals surface area (Å²) < 4.78 is 39.1. The van der Waals surface area contributed by atoms with Crippen LogP contribution in [0.5, 0.6) is 0 Å². The second-order valence-electron chi connectivity index (χ2n) is 8.41. The molecule has 0 unspecified atom stereocenters. The molecule has 1 saturated heterocycles. The maximum Gasteiger partial charge on any atom is 0.433 e. The van der Waals surface area contributed by atoms with Gasteiger partial charge in [0.15, 0.2) is 5.69 Å². The van der Waals surface area contributed by atoms with Crippen LogP contribution in [0.3, 0.4) is 0 Å². The first-order chi connectivity index (χ1) is 13.4. The molecule has 1 amide bonds. The number of nitrogens with one attached hydrogen (secondary N) is 1. The fraction of sp³-hybridized carbons (Fsp3) is 0.579. The average molecular weight is 411 g/mol. The standard InChI is InChI=1S/C19H24F3N5O2/c1-18(2,3)14-8-13(24-25-14)17(29)26-6-4-12(5-7-26)10-27-11-23-15(9-16(27)28)19(20,21)22/h8-9,11-12H,4-7,10H2,1-3H3,(H,24,25). The van der Waals surface area contributed by atoms with E-state index in [2.05, 4.69) is 15.2 Å². The van der Waals surface area contributed by atoms with Crippen molar-refractivity contribution in [2.75, 3.05) is 13.1 Å². The molecule has 3 heterocycles. The molecule has 10 heteroatoms. The van der Waals surface area contributed by atoms with E-state index in [1.165, 1.54) is 4.57 Å². The first-order valence-electron chi connectivity index (χ1n) is 9.44. The van der Waals surface area contributed by atoms with Gasteiger partial charge in [0.1, 0.15) is 5.69 Å². The summed E-state index contributed by atoms with van der Waals surface area (Å²) in [4.78, 5) is 29.7. The van der Waals surface area contributed by atoms with E-state index in [0.717, 1.165) is 12.0 Å². The van der Waals surface area contributed by atoms with E-state index in [1.54, 1.807) is 11.0 Å². The summed E-state index contributed by atoms with van der Waals surface area (Å²) in [6.07, 6.45) is -2.39. The molecule has 0 aliphatic carbocycles. The number of hydrogen-bond acceptors (Lipinski definition) is 4. The molecule has 1 aliphatic heterocycles. The Morgan fingerprint density at radius 1 is 1.21 bits per heavy atom. The lowest BCUT2D eigenvalue weighted by Crippen LogP contribution is -2.40. The Labute approximate surface area is 165 Å². The lowest BCUT2D eigenvalue weighted by Gasteiger charge is -2.31. The zero-order valence-electron chi connectivity index (χ0n) is 16.6. The third-order valence-corrected chi connectivity index (χ3v) is 5.13. The number of carbonyl (C=O) groups excluding carboxylic acids is 1. The van der Waals surface area contributed by atoms with Crippen LogP contribution in [0.4, 0.5) is 13.2 Å². The largest absolute Gasteiger partial charge is 0.433 e. The lowest BCUT2D eigenvalue weighted by molar-refractivity contribution is -0.141. The molecule has 29 heavy (non-hydrogen) atoms. The van der Waals surface area contributed by atoms with Gasteiger partial charge in [-0.25, -0.2) is 4.98 Å². The molecule has 158 valence electrons. The molecular formula is C19H24F3N5O2. The minimum atomic E-state index is -4.64. The van der Waals surface area contributed by atoms with Gasteiger partial charge in [-0.05, 0) is 24.8 Å². The highest BCUT2D eigenvalue weighted by atomic mass is 19.4. The smallest absolute Gasteiger partial charge is 0.337 e. The normalized spacial score (nSPS) is 16.3. The molecule has 0 radical (unpaired) electrons. The van der Waals surface area contributed by atoms with Crippen LogP contribution in [0, 0.1) is 5.92 Å². The number of rotatable bonds is 3. The molecule has 1 fully saturated rings. The number of carbonyl (C=O) groups is 1. The number of hydrogen-bond donors (Lipinski definition) is 1. The summed E-state index contributed by atoms with van der Waals surface area (Å²) in [5, 5.41) is 7.03. The molecule has 7 nitrogen and oxygen atoms in total. The minimum absolute atomic E-state index is 0.0830. The third-order valence-electron chi connectivity index (χ3n) is 5.13. The zero-order valence-corrected chi connectivity index (χ0v) is 16.6. The summed E-state index contributed by atoms with van der Waals surface area (Å²) in [5.74, 6) is -0.0665. The van der Waals surface area contributed by atoms with Crippen molar-refractivity contribution in [3.8, 4) is 0 Å². The number of nitrogens with zero attached hydrogens (tertiary/aromatic N) is 4. The van der Waals surface area contributed by atoms with Crippen molar-refractivity contribution < 1.29 is 18.0 Å². The highest BCUT2D eigenvalue weighted by molar-refractivity contribution is 5.92. The summed E-state index contributed by atoms with van der Waals surface area (Å²) in [5.41, 5.74) is -0.798.